The maximum Gasteiger partial charge on any atom is 0.0322 e. The molecule has 0 heterocycles. The van der Waals surface area contributed by atoms with E-state index in [4.69, 9.17) is 5.73 Å². The standard InChI is InChI=1S/C6H14N2/c1-3-4-8-6(2)5-7/h8H,2-5,7H2,1H3. The van der Waals surface area contributed by atoms with Gasteiger partial charge in [-0.25, -0.2) is 0 Å². The molecule has 0 aliphatic heterocycles. The molecule has 0 saturated carbocycles. The fraction of sp³-hybridized carbons (Fsp3) is 0.667. The van der Waals surface area contributed by atoms with Crippen LogP contribution in [0.1, 0.15) is 13.3 Å². The Morgan fingerprint density at radius 1 is 1.75 bits per heavy atom. The highest BCUT2D eigenvalue weighted by Gasteiger charge is 1.83. The van der Waals surface area contributed by atoms with Gasteiger partial charge in [-0.15, -0.1) is 0 Å². The molecule has 48 valence electrons. The largest absolute Gasteiger partial charge is 0.388 e. The Kier molecular flexibility index (Phi) is 4.36. The molecule has 0 atom stereocenters. The predicted octanol–water partition coefficient (Wildman–Crippen LogP) is 0.458. The smallest absolute Gasteiger partial charge is 0.0322 e. The van der Waals surface area contributed by atoms with Crippen LogP contribution in [0, 0.1) is 0 Å². The van der Waals surface area contributed by atoms with E-state index < -0.39 is 0 Å². The van der Waals surface area contributed by atoms with E-state index in [0.29, 0.717) is 6.54 Å². The molecule has 0 saturated heterocycles. The summed E-state index contributed by atoms with van der Waals surface area (Å²) in [5.41, 5.74) is 6.17. The first kappa shape index (κ1) is 7.50. The Labute approximate surface area is 50.8 Å². The van der Waals surface area contributed by atoms with Crippen molar-refractivity contribution in [3.8, 4) is 0 Å². The molecule has 0 aromatic carbocycles. The molecule has 0 fully saturated rings. The zero-order valence-corrected chi connectivity index (χ0v) is 5.41. The number of hydrogen-bond acceptors (Lipinski definition) is 2. The zero-order chi connectivity index (χ0) is 6.41. The Morgan fingerprint density at radius 3 is 2.75 bits per heavy atom. The van der Waals surface area contributed by atoms with Crippen LogP contribution in [0.5, 0.6) is 0 Å². The molecule has 0 amide bonds. The van der Waals surface area contributed by atoms with E-state index in [1.54, 1.807) is 0 Å². The molecule has 0 aliphatic rings. The molecule has 0 unspecified atom stereocenters. The third-order valence-corrected chi connectivity index (χ3v) is 0.871. The van der Waals surface area contributed by atoms with Crippen molar-refractivity contribution in [2.45, 2.75) is 13.3 Å². The maximum atomic E-state index is 5.25. The number of hydrogen-bond donors (Lipinski definition) is 2. The van der Waals surface area contributed by atoms with Crippen LogP contribution >= 0.6 is 0 Å². The van der Waals surface area contributed by atoms with Crippen LogP contribution in [-0.2, 0) is 0 Å². The van der Waals surface area contributed by atoms with Gasteiger partial charge in [0, 0.05) is 18.8 Å². The SMILES string of the molecule is C=C(CN)NCCC. The topological polar surface area (TPSA) is 38.0 Å². The summed E-state index contributed by atoms with van der Waals surface area (Å²) in [6.07, 6.45) is 1.12. The van der Waals surface area contributed by atoms with Crippen molar-refractivity contribution in [2.75, 3.05) is 13.1 Å². The van der Waals surface area contributed by atoms with Crippen LogP contribution in [0.15, 0.2) is 12.3 Å². The lowest BCUT2D eigenvalue weighted by molar-refractivity contribution is 0.756. The molecule has 0 bridgehead atoms. The molecule has 8 heavy (non-hydrogen) atoms. The monoisotopic (exact) mass is 114 g/mol. The van der Waals surface area contributed by atoms with Crippen molar-refractivity contribution in [1.29, 1.82) is 0 Å². The molecule has 0 rings (SSSR count). The minimum Gasteiger partial charge on any atom is -0.388 e. The van der Waals surface area contributed by atoms with Crippen molar-refractivity contribution < 1.29 is 0 Å². The van der Waals surface area contributed by atoms with Crippen LogP contribution in [0.3, 0.4) is 0 Å². The lowest BCUT2D eigenvalue weighted by atomic mass is 10.4. The average molecular weight is 114 g/mol. The van der Waals surface area contributed by atoms with Gasteiger partial charge in [0.25, 0.3) is 0 Å². The summed E-state index contributed by atoms with van der Waals surface area (Å²) in [5, 5.41) is 3.06. The second-order valence-electron chi connectivity index (χ2n) is 1.73. The molecule has 0 aromatic rings. The van der Waals surface area contributed by atoms with Crippen LogP contribution in [-0.4, -0.2) is 13.1 Å². The molecule has 2 heteroatoms. The molecular formula is C6H14N2. The molecule has 3 N–H and O–H groups in total. The molecule has 0 aliphatic carbocycles. The van der Waals surface area contributed by atoms with Crippen molar-refractivity contribution >= 4 is 0 Å². The van der Waals surface area contributed by atoms with Gasteiger partial charge < -0.3 is 11.1 Å². The number of nitrogens with two attached hydrogens (primary N) is 1. The first-order chi connectivity index (χ1) is 3.81. The van der Waals surface area contributed by atoms with Gasteiger partial charge in [0.2, 0.25) is 0 Å². The summed E-state index contributed by atoms with van der Waals surface area (Å²) in [7, 11) is 0. The summed E-state index contributed by atoms with van der Waals surface area (Å²) in [5.74, 6) is 0. The normalized spacial score (nSPS) is 8.75. The Morgan fingerprint density at radius 2 is 2.38 bits per heavy atom. The minimum absolute atomic E-state index is 0.542. The lowest BCUT2D eigenvalue weighted by Crippen LogP contribution is -2.19. The first-order valence-electron chi connectivity index (χ1n) is 2.93. The Bertz CT molecular complexity index is 68.9. The summed E-state index contributed by atoms with van der Waals surface area (Å²) >= 11 is 0. The van der Waals surface area contributed by atoms with E-state index in [9.17, 15) is 0 Å². The molecule has 0 radical (unpaired) electrons. The van der Waals surface area contributed by atoms with Crippen LogP contribution < -0.4 is 11.1 Å². The Balaban J connectivity index is 2.99. The van der Waals surface area contributed by atoms with Crippen LogP contribution in [0.4, 0.5) is 0 Å². The maximum absolute atomic E-state index is 5.25. The van der Waals surface area contributed by atoms with Crippen molar-refractivity contribution in [2.24, 2.45) is 5.73 Å². The number of rotatable bonds is 4. The van der Waals surface area contributed by atoms with Crippen molar-refractivity contribution in [3.63, 3.8) is 0 Å². The highest BCUT2D eigenvalue weighted by Crippen LogP contribution is 1.77. The summed E-state index contributed by atoms with van der Waals surface area (Å²) in [6, 6.07) is 0. The highest BCUT2D eigenvalue weighted by atomic mass is 14.9. The van der Waals surface area contributed by atoms with Crippen molar-refractivity contribution in [3.05, 3.63) is 12.3 Å². The van der Waals surface area contributed by atoms with Gasteiger partial charge in [-0.3, -0.25) is 0 Å². The minimum atomic E-state index is 0.542. The van der Waals surface area contributed by atoms with Crippen LogP contribution in [0.25, 0.3) is 0 Å². The Hall–Kier alpha value is -0.500. The third kappa shape index (κ3) is 3.68. The van der Waals surface area contributed by atoms with Gasteiger partial charge in [0.1, 0.15) is 0 Å². The van der Waals surface area contributed by atoms with E-state index in [2.05, 4.69) is 18.8 Å². The molecule has 0 spiro atoms. The van der Waals surface area contributed by atoms with Gasteiger partial charge in [0.15, 0.2) is 0 Å². The van der Waals surface area contributed by atoms with Gasteiger partial charge in [-0.1, -0.05) is 13.5 Å². The van der Waals surface area contributed by atoms with E-state index in [-0.39, 0.29) is 0 Å². The number of nitrogens with one attached hydrogen (secondary N) is 1. The fourth-order valence-corrected chi connectivity index (χ4v) is 0.374. The first-order valence-corrected chi connectivity index (χ1v) is 2.93. The molecule has 0 aromatic heterocycles. The van der Waals surface area contributed by atoms with Gasteiger partial charge in [-0.05, 0) is 6.42 Å². The second kappa shape index (κ2) is 4.65. The van der Waals surface area contributed by atoms with E-state index in [1.807, 2.05) is 0 Å². The summed E-state index contributed by atoms with van der Waals surface area (Å²) in [6.45, 7) is 7.31. The zero-order valence-electron chi connectivity index (χ0n) is 5.41. The lowest BCUT2D eigenvalue weighted by Gasteiger charge is -2.02. The van der Waals surface area contributed by atoms with E-state index in [1.165, 1.54) is 0 Å². The quantitative estimate of drug-likeness (QED) is 0.557. The predicted molar refractivity (Wildman–Crippen MR) is 36.5 cm³/mol. The summed E-state index contributed by atoms with van der Waals surface area (Å²) < 4.78 is 0. The van der Waals surface area contributed by atoms with Gasteiger partial charge in [-0.2, -0.15) is 0 Å². The second-order valence-corrected chi connectivity index (χ2v) is 1.73. The van der Waals surface area contributed by atoms with E-state index >= 15 is 0 Å². The average Bonchev–Trinajstić information content (AvgIpc) is 1.83. The molecule has 2 nitrogen and oxygen atoms in total. The van der Waals surface area contributed by atoms with Gasteiger partial charge in [0.05, 0.1) is 0 Å². The summed E-state index contributed by atoms with van der Waals surface area (Å²) in [4.78, 5) is 0. The molecular weight excluding hydrogens is 100 g/mol. The van der Waals surface area contributed by atoms with Crippen molar-refractivity contribution in [1.82, 2.24) is 5.32 Å². The highest BCUT2D eigenvalue weighted by molar-refractivity contribution is 4.91. The van der Waals surface area contributed by atoms with Gasteiger partial charge >= 0.3 is 0 Å². The van der Waals surface area contributed by atoms with Crippen LogP contribution in [0.2, 0.25) is 0 Å². The third-order valence-electron chi connectivity index (χ3n) is 0.871. The fourth-order valence-electron chi connectivity index (χ4n) is 0.374. The van der Waals surface area contributed by atoms with E-state index in [0.717, 1.165) is 18.7 Å².